The van der Waals surface area contributed by atoms with Crippen molar-refractivity contribution in [2.24, 2.45) is 5.92 Å². The van der Waals surface area contributed by atoms with Crippen LogP contribution in [-0.4, -0.2) is 37.0 Å². The van der Waals surface area contributed by atoms with Crippen LogP contribution in [-0.2, 0) is 4.79 Å². The maximum absolute atomic E-state index is 11.8. The molecule has 1 aliphatic heterocycles. The maximum atomic E-state index is 11.8. The fourth-order valence-electron chi connectivity index (χ4n) is 2.37. The summed E-state index contributed by atoms with van der Waals surface area (Å²) in [5.74, 6) is 0.848. The first-order valence-electron chi connectivity index (χ1n) is 6.59. The van der Waals surface area contributed by atoms with Gasteiger partial charge in [-0.15, -0.1) is 0 Å². The predicted molar refractivity (Wildman–Crippen MR) is 67.4 cm³/mol. The molecule has 3 nitrogen and oxygen atoms in total. The molecule has 1 N–H and O–H groups in total. The predicted octanol–water partition coefficient (Wildman–Crippen LogP) is 2.02. The topological polar surface area (TPSA) is 32.3 Å². The number of amides is 1. The van der Waals surface area contributed by atoms with Crippen LogP contribution in [0.15, 0.2) is 0 Å². The van der Waals surface area contributed by atoms with E-state index in [1.807, 2.05) is 0 Å². The Bertz CT molecular complexity index is 210. The summed E-state index contributed by atoms with van der Waals surface area (Å²) in [6, 6.07) is 0.337. The molecular formula is C13H26N2O. The molecule has 0 aromatic carbocycles. The second-order valence-corrected chi connectivity index (χ2v) is 5.21. The van der Waals surface area contributed by atoms with Gasteiger partial charge in [0, 0.05) is 12.5 Å². The minimum absolute atomic E-state index is 0.246. The molecule has 0 aromatic rings. The van der Waals surface area contributed by atoms with Gasteiger partial charge in [-0.3, -0.25) is 4.79 Å². The van der Waals surface area contributed by atoms with Crippen LogP contribution in [0.3, 0.4) is 0 Å². The Morgan fingerprint density at radius 1 is 1.44 bits per heavy atom. The van der Waals surface area contributed by atoms with Crippen LogP contribution in [0.25, 0.3) is 0 Å². The Kier molecular flexibility index (Phi) is 5.81. The summed E-state index contributed by atoms with van der Waals surface area (Å²) in [5, 5.41) is 3.09. The molecule has 0 bridgehead atoms. The molecule has 1 atom stereocenters. The molecule has 1 rings (SSSR count). The van der Waals surface area contributed by atoms with Gasteiger partial charge in [-0.2, -0.15) is 0 Å². The van der Waals surface area contributed by atoms with Gasteiger partial charge in [-0.1, -0.05) is 13.3 Å². The highest BCUT2D eigenvalue weighted by molar-refractivity contribution is 5.76. The number of piperidine rings is 1. The highest BCUT2D eigenvalue weighted by Crippen LogP contribution is 2.19. The number of hydrogen-bond acceptors (Lipinski definition) is 2. The third kappa shape index (κ3) is 4.97. The monoisotopic (exact) mass is 226 g/mol. The first-order valence-corrected chi connectivity index (χ1v) is 6.59. The Morgan fingerprint density at radius 3 is 2.62 bits per heavy atom. The zero-order valence-corrected chi connectivity index (χ0v) is 11.0. The van der Waals surface area contributed by atoms with Crippen molar-refractivity contribution < 1.29 is 4.79 Å². The molecule has 0 spiro atoms. The summed E-state index contributed by atoms with van der Waals surface area (Å²) >= 11 is 0. The molecule has 1 amide bonds. The summed E-state index contributed by atoms with van der Waals surface area (Å²) in [7, 11) is 2.15. The molecule has 0 saturated carbocycles. The quantitative estimate of drug-likeness (QED) is 0.778. The van der Waals surface area contributed by atoms with E-state index >= 15 is 0 Å². The van der Waals surface area contributed by atoms with Crippen LogP contribution in [0.1, 0.15) is 46.0 Å². The van der Waals surface area contributed by atoms with Gasteiger partial charge in [0.1, 0.15) is 0 Å². The van der Waals surface area contributed by atoms with Crippen LogP contribution in [0.2, 0.25) is 0 Å². The first-order chi connectivity index (χ1) is 7.61. The number of nitrogens with one attached hydrogen (secondary N) is 1. The Balaban J connectivity index is 2.18. The molecule has 0 aromatic heterocycles. The normalized spacial score (nSPS) is 20.7. The molecule has 0 unspecified atom stereocenters. The molecule has 94 valence electrons. The minimum Gasteiger partial charge on any atom is -0.354 e. The Hall–Kier alpha value is -0.570. The lowest BCUT2D eigenvalue weighted by Crippen LogP contribution is -2.36. The Morgan fingerprint density at radius 2 is 2.06 bits per heavy atom. The molecule has 1 heterocycles. The van der Waals surface area contributed by atoms with Gasteiger partial charge >= 0.3 is 0 Å². The van der Waals surface area contributed by atoms with E-state index in [0.29, 0.717) is 12.0 Å². The second kappa shape index (κ2) is 6.89. The van der Waals surface area contributed by atoms with E-state index in [-0.39, 0.29) is 5.91 Å². The van der Waals surface area contributed by atoms with Gasteiger partial charge in [0.05, 0.1) is 0 Å². The minimum atomic E-state index is 0.246. The van der Waals surface area contributed by atoms with Crippen LogP contribution >= 0.6 is 0 Å². The average molecular weight is 226 g/mol. The Labute approximate surface area is 99.6 Å². The van der Waals surface area contributed by atoms with Gasteiger partial charge < -0.3 is 10.2 Å². The molecule has 0 radical (unpaired) electrons. The van der Waals surface area contributed by atoms with E-state index in [0.717, 1.165) is 32.4 Å². The average Bonchev–Trinajstić information content (AvgIpc) is 2.21. The molecular weight excluding hydrogens is 200 g/mol. The summed E-state index contributed by atoms with van der Waals surface area (Å²) in [4.78, 5) is 14.1. The zero-order valence-electron chi connectivity index (χ0n) is 11.0. The van der Waals surface area contributed by atoms with Crippen molar-refractivity contribution in [3.05, 3.63) is 0 Å². The van der Waals surface area contributed by atoms with E-state index in [4.69, 9.17) is 0 Å². The first kappa shape index (κ1) is 13.5. The van der Waals surface area contributed by atoms with Crippen molar-refractivity contribution in [2.75, 3.05) is 20.1 Å². The van der Waals surface area contributed by atoms with Crippen molar-refractivity contribution in [2.45, 2.75) is 52.0 Å². The molecule has 1 saturated heterocycles. The fraction of sp³-hybridized carbons (Fsp3) is 0.923. The van der Waals surface area contributed by atoms with Crippen molar-refractivity contribution in [1.82, 2.24) is 10.2 Å². The van der Waals surface area contributed by atoms with E-state index in [9.17, 15) is 4.79 Å². The van der Waals surface area contributed by atoms with Crippen LogP contribution < -0.4 is 5.32 Å². The third-order valence-electron chi connectivity index (χ3n) is 3.44. The standard InChI is InChI=1S/C13H26N2O/c1-4-5-11(2)14-13(16)10-12-6-8-15(3)9-7-12/h11-12H,4-10H2,1-3H3,(H,14,16)/t11-/m0/s1. The molecule has 16 heavy (non-hydrogen) atoms. The zero-order chi connectivity index (χ0) is 12.0. The highest BCUT2D eigenvalue weighted by atomic mass is 16.1. The van der Waals surface area contributed by atoms with Crippen LogP contribution in [0.5, 0.6) is 0 Å². The van der Waals surface area contributed by atoms with E-state index < -0.39 is 0 Å². The number of nitrogens with zero attached hydrogens (tertiary/aromatic N) is 1. The summed E-state index contributed by atoms with van der Waals surface area (Å²) in [6.07, 6.45) is 5.29. The number of rotatable bonds is 5. The van der Waals surface area contributed by atoms with Crippen molar-refractivity contribution in [3.63, 3.8) is 0 Å². The van der Waals surface area contributed by atoms with Crippen molar-refractivity contribution >= 4 is 5.91 Å². The van der Waals surface area contributed by atoms with Gasteiger partial charge in [0.25, 0.3) is 0 Å². The number of carbonyl (C=O) groups excluding carboxylic acids is 1. The summed E-state index contributed by atoms with van der Waals surface area (Å²) in [6.45, 7) is 6.53. The van der Waals surface area contributed by atoms with E-state index in [1.54, 1.807) is 0 Å². The maximum Gasteiger partial charge on any atom is 0.220 e. The van der Waals surface area contributed by atoms with Crippen LogP contribution in [0, 0.1) is 5.92 Å². The molecule has 0 aliphatic carbocycles. The van der Waals surface area contributed by atoms with Crippen LogP contribution in [0.4, 0.5) is 0 Å². The smallest absolute Gasteiger partial charge is 0.220 e. The summed E-state index contributed by atoms with van der Waals surface area (Å²) in [5.41, 5.74) is 0. The van der Waals surface area contributed by atoms with Gasteiger partial charge in [0.15, 0.2) is 0 Å². The molecule has 1 fully saturated rings. The van der Waals surface area contributed by atoms with Crippen molar-refractivity contribution in [3.8, 4) is 0 Å². The van der Waals surface area contributed by atoms with Gasteiger partial charge in [-0.05, 0) is 52.2 Å². The second-order valence-electron chi connectivity index (χ2n) is 5.21. The number of hydrogen-bond donors (Lipinski definition) is 1. The fourth-order valence-corrected chi connectivity index (χ4v) is 2.37. The lowest BCUT2D eigenvalue weighted by molar-refractivity contribution is -0.123. The third-order valence-corrected chi connectivity index (χ3v) is 3.44. The van der Waals surface area contributed by atoms with Gasteiger partial charge in [0.2, 0.25) is 5.91 Å². The van der Waals surface area contributed by atoms with E-state index in [1.165, 1.54) is 12.8 Å². The lowest BCUT2D eigenvalue weighted by Gasteiger charge is -2.28. The molecule has 1 aliphatic rings. The molecule has 3 heteroatoms. The summed E-state index contributed by atoms with van der Waals surface area (Å²) < 4.78 is 0. The highest BCUT2D eigenvalue weighted by Gasteiger charge is 2.19. The van der Waals surface area contributed by atoms with E-state index in [2.05, 4.69) is 31.1 Å². The lowest BCUT2D eigenvalue weighted by atomic mass is 9.93. The van der Waals surface area contributed by atoms with Gasteiger partial charge in [-0.25, -0.2) is 0 Å². The number of likely N-dealkylation sites (tertiary alicyclic amines) is 1. The SMILES string of the molecule is CCC[C@H](C)NC(=O)CC1CCN(C)CC1. The number of carbonyl (C=O) groups is 1. The largest absolute Gasteiger partial charge is 0.354 e. The van der Waals surface area contributed by atoms with Crippen molar-refractivity contribution in [1.29, 1.82) is 0 Å².